The predicted octanol–water partition coefficient (Wildman–Crippen LogP) is 3.99. The lowest BCUT2D eigenvalue weighted by Crippen LogP contribution is -2.46. The summed E-state index contributed by atoms with van der Waals surface area (Å²) >= 11 is 3.23. The molecule has 2 aliphatic carbocycles. The summed E-state index contributed by atoms with van der Waals surface area (Å²) in [6, 6.07) is 3.72. The molecule has 0 saturated heterocycles. The van der Waals surface area contributed by atoms with E-state index in [2.05, 4.69) is 42.0 Å². The minimum atomic E-state index is -0.0970. The first-order chi connectivity index (χ1) is 8.84. The third kappa shape index (κ3) is 1.79. The minimum Gasteiger partial charge on any atom is -0.444 e. The molecule has 4 heteroatoms. The lowest BCUT2D eigenvalue weighted by Gasteiger charge is -2.39. The molecule has 2 fully saturated rings. The van der Waals surface area contributed by atoms with Crippen molar-refractivity contribution < 1.29 is 9.21 Å². The number of rotatable bonds is 2. The summed E-state index contributed by atoms with van der Waals surface area (Å²) in [5, 5.41) is 3.18. The number of halogens is 1. The summed E-state index contributed by atoms with van der Waals surface area (Å²) in [5.74, 6) is 1.02. The third-order valence-corrected chi connectivity index (χ3v) is 6.32. The highest BCUT2D eigenvalue weighted by molar-refractivity contribution is 9.10. The van der Waals surface area contributed by atoms with Crippen molar-refractivity contribution in [1.82, 2.24) is 5.32 Å². The van der Waals surface area contributed by atoms with Gasteiger partial charge in [-0.05, 0) is 64.1 Å². The summed E-state index contributed by atoms with van der Waals surface area (Å²) in [5.41, 5.74) is 0.520. The lowest BCUT2D eigenvalue weighted by atomic mass is 9.69. The lowest BCUT2D eigenvalue weighted by molar-refractivity contribution is 0.0800. The summed E-state index contributed by atoms with van der Waals surface area (Å²) < 4.78 is 5.92. The first-order valence-corrected chi connectivity index (χ1v) is 7.70. The van der Waals surface area contributed by atoms with Gasteiger partial charge in [0.1, 0.15) is 0 Å². The van der Waals surface area contributed by atoms with Crippen LogP contribution in [0.15, 0.2) is 21.2 Å². The fraction of sp³-hybridized carbons (Fsp3) is 0.667. The van der Waals surface area contributed by atoms with E-state index >= 15 is 0 Å². The van der Waals surface area contributed by atoms with E-state index in [1.807, 2.05) is 0 Å². The highest BCUT2D eigenvalue weighted by Gasteiger charge is 2.61. The minimum absolute atomic E-state index is 0.0970. The molecule has 2 aliphatic rings. The van der Waals surface area contributed by atoms with Gasteiger partial charge in [-0.1, -0.05) is 20.8 Å². The molecule has 104 valence electrons. The maximum atomic E-state index is 12.2. The van der Waals surface area contributed by atoms with Gasteiger partial charge in [-0.2, -0.15) is 0 Å². The van der Waals surface area contributed by atoms with Crippen LogP contribution in [0.25, 0.3) is 0 Å². The molecule has 2 bridgehead atoms. The highest BCUT2D eigenvalue weighted by Crippen LogP contribution is 2.65. The van der Waals surface area contributed by atoms with Crippen LogP contribution in [0.3, 0.4) is 0 Å². The van der Waals surface area contributed by atoms with Gasteiger partial charge >= 0.3 is 0 Å². The van der Waals surface area contributed by atoms with Crippen LogP contribution in [0, 0.1) is 16.7 Å². The molecule has 1 aromatic heterocycles. The van der Waals surface area contributed by atoms with Crippen molar-refractivity contribution in [3.05, 3.63) is 22.6 Å². The zero-order chi connectivity index (χ0) is 13.8. The van der Waals surface area contributed by atoms with Gasteiger partial charge in [-0.25, -0.2) is 0 Å². The predicted molar refractivity (Wildman–Crippen MR) is 76.9 cm³/mol. The Labute approximate surface area is 122 Å². The van der Waals surface area contributed by atoms with Crippen molar-refractivity contribution in [2.45, 2.75) is 46.1 Å². The molecule has 3 rings (SSSR count). The Bertz CT molecular complexity index is 522. The Morgan fingerprint density at radius 3 is 2.63 bits per heavy atom. The van der Waals surface area contributed by atoms with Gasteiger partial charge in [-0.3, -0.25) is 4.79 Å². The van der Waals surface area contributed by atoms with Crippen molar-refractivity contribution in [2.75, 3.05) is 0 Å². The van der Waals surface area contributed by atoms with E-state index in [4.69, 9.17) is 4.42 Å². The Hall–Kier alpha value is -0.770. The van der Waals surface area contributed by atoms with Crippen molar-refractivity contribution in [3.63, 3.8) is 0 Å². The average molecular weight is 326 g/mol. The number of furan rings is 1. The van der Waals surface area contributed by atoms with E-state index in [1.54, 1.807) is 12.1 Å². The van der Waals surface area contributed by atoms with E-state index in [0.29, 0.717) is 15.8 Å². The van der Waals surface area contributed by atoms with Crippen LogP contribution in [0.1, 0.15) is 50.6 Å². The molecule has 1 amide bonds. The largest absolute Gasteiger partial charge is 0.444 e. The van der Waals surface area contributed by atoms with E-state index in [0.717, 1.165) is 12.3 Å². The zero-order valence-corrected chi connectivity index (χ0v) is 13.2. The number of hydrogen-bond donors (Lipinski definition) is 1. The van der Waals surface area contributed by atoms with Crippen molar-refractivity contribution >= 4 is 21.8 Å². The van der Waals surface area contributed by atoms with Gasteiger partial charge in [0, 0.05) is 6.04 Å². The summed E-state index contributed by atoms with van der Waals surface area (Å²) in [7, 11) is 0. The molecule has 3 atom stereocenters. The molecular weight excluding hydrogens is 306 g/mol. The first-order valence-electron chi connectivity index (χ1n) is 6.91. The molecule has 19 heavy (non-hydrogen) atoms. The molecule has 0 aliphatic heterocycles. The van der Waals surface area contributed by atoms with E-state index in [-0.39, 0.29) is 17.4 Å². The topological polar surface area (TPSA) is 42.2 Å². The average Bonchev–Trinajstić information content (AvgIpc) is 2.91. The number of fused-ring (bicyclic) bond motifs is 2. The Morgan fingerprint density at radius 1 is 1.42 bits per heavy atom. The summed E-state index contributed by atoms with van der Waals surface area (Å²) in [6.45, 7) is 7.02. The number of hydrogen-bond acceptors (Lipinski definition) is 2. The number of nitrogens with one attached hydrogen (secondary N) is 1. The Kier molecular flexibility index (Phi) is 2.86. The normalized spacial score (nSPS) is 35.6. The van der Waals surface area contributed by atoms with Gasteiger partial charge in [0.05, 0.1) is 0 Å². The molecule has 0 unspecified atom stereocenters. The molecule has 0 spiro atoms. The Morgan fingerprint density at radius 2 is 2.16 bits per heavy atom. The van der Waals surface area contributed by atoms with Crippen LogP contribution < -0.4 is 5.32 Å². The molecule has 0 radical (unpaired) electrons. The third-order valence-electron chi connectivity index (χ3n) is 5.90. The zero-order valence-electron chi connectivity index (χ0n) is 11.6. The smallest absolute Gasteiger partial charge is 0.287 e. The van der Waals surface area contributed by atoms with Crippen LogP contribution in [0.4, 0.5) is 0 Å². The number of carbonyl (C=O) groups is 1. The first kappa shape index (κ1) is 13.2. The maximum absolute atomic E-state index is 12.2. The van der Waals surface area contributed by atoms with Crippen molar-refractivity contribution in [1.29, 1.82) is 0 Å². The second kappa shape index (κ2) is 4.11. The van der Waals surface area contributed by atoms with E-state index in [1.165, 1.54) is 12.8 Å². The molecule has 1 aromatic rings. The van der Waals surface area contributed by atoms with Gasteiger partial charge in [0.25, 0.3) is 5.91 Å². The van der Waals surface area contributed by atoms with Crippen LogP contribution >= 0.6 is 15.9 Å². The van der Waals surface area contributed by atoms with E-state index in [9.17, 15) is 4.79 Å². The SMILES string of the molecule is CC1(C)[C@H]2CC[C@]1(C)[C@H](NC(=O)c1ccc(Br)o1)C2. The standard InChI is InChI=1S/C15H20BrNO2/c1-14(2)9-6-7-15(14,3)11(8-9)17-13(18)10-4-5-12(16)19-10/h4-5,9,11H,6-8H2,1-3H3,(H,17,18)/t9-,11+,15+/m0/s1. The second-order valence-electron chi connectivity index (χ2n) is 6.74. The van der Waals surface area contributed by atoms with E-state index < -0.39 is 0 Å². The molecule has 1 N–H and O–H groups in total. The van der Waals surface area contributed by atoms with Gasteiger partial charge in [0.2, 0.25) is 0 Å². The van der Waals surface area contributed by atoms with Gasteiger partial charge in [-0.15, -0.1) is 0 Å². The summed E-state index contributed by atoms with van der Waals surface area (Å²) in [4.78, 5) is 12.2. The van der Waals surface area contributed by atoms with Crippen LogP contribution in [-0.4, -0.2) is 11.9 Å². The number of carbonyl (C=O) groups excluding carboxylic acids is 1. The van der Waals surface area contributed by atoms with Crippen LogP contribution in [0.5, 0.6) is 0 Å². The van der Waals surface area contributed by atoms with Crippen LogP contribution in [0.2, 0.25) is 0 Å². The maximum Gasteiger partial charge on any atom is 0.287 e. The quantitative estimate of drug-likeness (QED) is 0.893. The van der Waals surface area contributed by atoms with Crippen LogP contribution in [-0.2, 0) is 0 Å². The monoisotopic (exact) mass is 325 g/mol. The molecule has 3 nitrogen and oxygen atoms in total. The van der Waals surface area contributed by atoms with Crippen molar-refractivity contribution in [3.8, 4) is 0 Å². The van der Waals surface area contributed by atoms with Gasteiger partial charge in [0.15, 0.2) is 10.4 Å². The second-order valence-corrected chi connectivity index (χ2v) is 7.52. The fourth-order valence-electron chi connectivity index (χ4n) is 4.09. The highest BCUT2D eigenvalue weighted by atomic mass is 79.9. The molecule has 2 saturated carbocycles. The number of amides is 1. The summed E-state index contributed by atoms with van der Waals surface area (Å²) in [6.07, 6.45) is 3.59. The Balaban J connectivity index is 1.77. The molecule has 0 aromatic carbocycles. The van der Waals surface area contributed by atoms with Crippen molar-refractivity contribution in [2.24, 2.45) is 16.7 Å². The van der Waals surface area contributed by atoms with Gasteiger partial charge < -0.3 is 9.73 Å². The fourth-order valence-corrected chi connectivity index (χ4v) is 4.39. The molecule has 1 heterocycles. The molecular formula is C15H20BrNO2.